The standard InChI is InChI=1S/C5H5O2/c1-2-3-4-5(6)7/h1-4H,(H,6,7)/b2-1?,4-3+. The maximum atomic E-state index is 9.60. The van der Waals surface area contributed by atoms with E-state index in [-0.39, 0.29) is 0 Å². The average Bonchev–Trinajstić information content (AvgIpc) is 1.61. The number of hydrogen-bond acceptors (Lipinski definition) is 1. The summed E-state index contributed by atoms with van der Waals surface area (Å²) in [5.74, 6) is -0.985. The number of allylic oxidation sites excluding steroid dienone is 2. The molecule has 1 radical (unpaired) electrons. The predicted molar refractivity (Wildman–Crippen MR) is 25.6 cm³/mol. The number of carbonyl (C=O) groups is 1. The smallest absolute Gasteiger partial charge is 0.328 e. The van der Waals surface area contributed by atoms with Crippen molar-refractivity contribution in [2.24, 2.45) is 0 Å². The predicted octanol–water partition coefficient (Wildman–Crippen LogP) is 0.616. The van der Waals surface area contributed by atoms with Gasteiger partial charge in [0.15, 0.2) is 0 Å². The van der Waals surface area contributed by atoms with Crippen LogP contribution < -0.4 is 0 Å². The van der Waals surface area contributed by atoms with Gasteiger partial charge in [0.2, 0.25) is 0 Å². The van der Waals surface area contributed by atoms with Crippen LogP contribution in [0.2, 0.25) is 0 Å². The molecule has 2 heteroatoms. The van der Waals surface area contributed by atoms with E-state index in [1.165, 1.54) is 6.08 Å². The van der Waals surface area contributed by atoms with Crippen LogP contribution >= 0.6 is 0 Å². The van der Waals surface area contributed by atoms with Crippen molar-refractivity contribution in [1.82, 2.24) is 0 Å². The number of carboxylic acid groups (broad SMARTS) is 1. The van der Waals surface area contributed by atoms with Crippen molar-refractivity contribution in [1.29, 1.82) is 0 Å². The SMILES string of the molecule is [CH]=C/C=C/C(=O)O. The van der Waals surface area contributed by atoms with Crippen molar-refractivity contribution in [3.8, 4) is 0 Å². The summed E-state index contributed by atoms with van der Waals surface area (Å²) in [6.07, 6.45) is 3.37. The Morgan fingerprint density at radius 2 is 2.29 bits per heavy atom. The van der Waals surface area contributed by atoms with Crippen LogP contribution in [0.5, 0.6) is 0 Å². The van der Waals surface area contributed by atoms with Crippen molar-refractivity contribution in [2.75, 3.05) is 0 Å². The maximum Gasteiger partial charge on any atom is 0.328 e. The summed E-state index contributed by atoms with van der Waals surface area (Å²) in [6.45, 7) is 4.80. The number of carboxylic acids is 1. The second-order valence-electron chi connectivity index (χ2n) is 0.890. The minimum absolute atomic E-state index is 0.958. The van der Waals surface area contributed by atoms with Crippen molar-refractivity contribution in [2.45, 2.75) is 0 Å². The zero-order valence-electron chi connectivity index (χ0n) is 3.66. The molecule has 0 rings (SSSR count). The van der Waals surface area contributed by atoms with Crippen LogP contribution in [0, 0.1) is 6.58 Å². The van der Waals surface area contributed by atoms with E-state index < -0.39 is 5.97 Å². The molecule has 0 heterocycles. The monoisotopic (exact) mass is 97.0 g/mol. The summed E-state index contributed by atoms with van der Waals surface area (Å²) in [5, 5.41) is 7.88. The molecule has 0 spiro atoms. The summed E-state index contributed by atoms with van der Waals surface area (Å²) in [6, 6.07) is 0. The first-order chi connectivity index (χ1) is 3.27. The molecule has 0 aliphatic heterocycles. The molecule has 0 aliphatic carbocycles. The van der Waals surface area contributed by atoms with Gasteiger partial charge in [-0.3, -0.25) is 0 Å². The zero-order chi connectivity index (χ0) is 5.70. The Hall–Kier alpha value is -1.05. The molecule has 2 nitrogen and oxygen atoms in total. The Labute approximate surface area is 41.8 Å². The molecule has 0 aromatic heterocycles. The van der Waals surface area contributed by atoms with Crippen LogP contribution in [-0.2, 0) is 4.79 Å². The molecule has 0 saturated heterocycles. The largest absolute Gasteiger partial charge is 0.478 e. The fourth-order valence-electron chi connectivity index (χ4n) is 0.138. The van der Waals surface area contributed by atoms with E-state index in [9.17, 15) is 4.79 Å². The fourth-order valence-corrected chi connectivity index (χ4v) is 0.138. The first-order valence-corrected chi connectivity index (χ1v) is 1.72. The Morgan fingerprint density at radius 1 is 1.71 bits per heavy atom. The zero-order valence-corrected chi connectivity index (χ0v) is 3.66. The lowest BCUT2D eigenvalue weighted by Gasteiger charge is -1.70. The Balaban J connectivity index is 3.46. The van der Waals surface area contributed by atoms with Gasteiger partial charge in [-0.25, -0.2) is 4.79 Å². The van der Waals surface area contributed by atoms with Crippen LogP contribution in [0.25, 0.3) is 0 Å². The van der Waals surface area contributed by atoms with Crippen molar-refractivity contribution in [3.05, 3.63) is 24.8 Å². The third kappa shape index (κ3) is 4.95. The highest BCUT2D eigenvalue weighted by Gasteiger charge is 1.77. The second kappa shape index (κ2) is 3.15. The van der Waals surface area contributed by atoms with Gasteiger partial charge in [-0.2, -0.15) is 0 Å². The van der Waals surface area contributed by atoms with Crippen LogP contribution in [0.1, 0.15) is 0 Å². The van der Waals surface area contributed by atoms with Crippen molar-refractivity contribution in [3.63, 3.8) is 0 Å². The molecule has 37 valence electrons. The molecule has 0 amide bonds. The van der Waals surface area contributed by atoms with Gasteiger partial charge in [0.1, 0.15) is 0 Å². The summed E-state index contributed by atoms with van der Waals surface area (Å²) >= 11 is 0. The topological polar surface area (TPSA) is 37.3 Å². The van der Waals surface area contributed by atoms with E-state index in [4.69, 9.17) is 11.7 Å². The highest BCUT2D eigenvalue weighted by atomic mass is 16.4. The van der Waals surface area contributed by atoms with Gasteiger partial charge in [-0.05, 0) is 0 Å². The highest BCUT2D eigenvalue weighted by molar-refractivity contribution is 5.79. The van der Waals surface area contributed by atoms with Gasteiger partial charge < -0.3 is 5.11 Å². The molecule has 0 aromatic carbocycles. The van der Waals surface area contributed by atoms with Gasteiger partial charge in [0, 0.05) is 6.08 Å². The summed E-state index contributed by atoms with van der Waals surface area (Å²) in [4.78, 5) is 9.60. The second-order valence-corrected chi connectivity index (χ2v) is 0.890. The number of rotatable bonds is 2. The highest BCUT2D eigenvalue weighted by Crippen LogP contribution is 1.69. The Kier molecular flexibility index (Phi) is 2.68. The van der Waals surface area contributed by atoms with E-state index >= 15 is 0 Å². The molecule has 1 N–H and O–H groups in total. The average molecular weight is 97.1 g/mol. The molecule has 0 aliphatic rings. The molecular weight excluding hydrogens is 92.1 g/mol. The lowest BCUT2D eigenvalue weighted by Crippen LogP contribution is -1.83. The van der Waals surface area contributed by atoms with Crippen molar-refractivity contribution >= 4 is 5.97 Å². The molecular formula is C5H5O2. The number of aliphatic carboxylic acids is 1. The van der Waals surface area contributed by atoms with E-state index in [1.807, 2.05) is 0 Å². The molecule has 7 heavy (non-hydrogen) atoms. The van der Waals surface area contributed by atoms with E-state index in [0.717, 1.165) is 12.2 Å². The molecule has 0 unspecified atom stereocenters. The lowest BCUT2D eigenvalue weighted by molar-refractivity contribution is -0.131. The Morgan fingerprint density at radius 3 is 2.43 bits per heavy atom. The van der Waals surface area contributed by atoms with E-state index in [0.29, 0.717) is 0 Å². The molecule has 0 bridgehead atoms. The summed E-state index contributed by atoms with van der Waals surface area (Å²) in [5.41, 5.74) is 0. The van der Waals surface area contributed by atoms with Crippen molar-refractivity contribution < 1.29 is 9.90 Å². The number of hydrogen-bond donors (Lipinski definition) is 1. The van der Waals surface area contributed by atoms with Gasteiger partial charge in [-0.15, -0.1) is 0 Å². The molecule has 0 saturated carbocycles. The first-order valence-electron chi connectivity index (χ1n) is 1.72. The lowest BCUT2D eigenvalue weighted by atomic mass is 10.5. The van der Waals surface area contributed by atoms with Gasteiger partial charge >= 0.3 is 5.97 Å². The van der Waals surface area contributed by atoms with Crippen LogP contribution in [0.3, 0.4) is 0 Å². The van der Waals surface area contributed by atoms with Crippen LogP contribution in [0.4, 0.5) is 0 Å². The summed E-state index contributed by atoms with van der Waals surface area (Å²) in [7, 11) is 0. The quantitative estimate of drug-likeness (QED) is 0.405. The molecule has 0 fully saturated rings. The minimum atomic E-state index is -0.985. The van der Waals surface area contributed by atoms with E-state index in [2.05, 4.69) is 0 Å². The third-order valence-electron chi connectivity index (χ3n) is 0.350. The third-order valence-corrected chi connectivity index (χ3v) is 0.350. The van der Waals surface area contributed by atoms with E-state index in [1.54, 1.807) is 0 Å². The van der Waals surface area contributed by atoms with Gasteiger partial charge in [0.25, 0.3) is 0 Å². The first kappa shape index (κ1) is 5.95. The van der Waals surface area contributed by atoms with Gasteiger partial charge in [-0.1, -0.05) is 18.7 Å². The maximum absolute atomic E-state index is 9.60. The normalized spacial score (nSPS) is 9.14. The minimum Gasteiger partial charge on any atom is -0.478 e. The van der Waals surface area contributed by atoms with Crippen LogP contribution in [-0.4, -0.2) is 11.1 Å². The molecule has 0 atom stereocenters. The Bertz CT molecular complexity index is 103. The van der Waals surface area contributed by atoms with Gasteiger partial charge in [0.05, 0.1) is 0 Å². The fraction of sp³-hybridized carbons (Fsp3) is 0. The molecule has 0 aromatic rings. The summed E-state index contributed by atoms with van der Waals surface area (Å²) < 4.78 is 0. The van der Waals surface area contributed by atoms with Crippen LogP contribution in [0.15, 0.2) is 18.2 Å².